The van der Waals surface area contributed by atoms with Crippen molar-refractivity contribution >= 4 is 23.2 Å². The van der Waals surface area contributed by atoms with Crippen LogP contribution in [-0.2, 0) is 11.4 Å². The van der Waals surface area contributed by atoms with E-state index in [1.165, 1.54) is 23.5 Å². The summed E-state index contributed by atoms with van der Waals surface area (Å²) in [6.45, 7) is 4.58. The number of fused-ring (bicyclic) bond motifs is 1. The van der Waals surface area contributed by atoms with Crippen LogP contribution in [0.2, 0.25) is 0 Å². The van der Waals surface area contributed by atoms with Gasteiger partial charge >= 0.3 is 0 Å². The molecule has 7 heteroatoms. The molecular formula is C32H27FN2O3S. The van der Waals surface area contributed by atoms with E-state index in [0.717, 1.165) is 22.6 Å². The highest BCUT2D eigenvalue weighted by Crippen LogP contribution is 2.43. The van der Waals surface area contributed by atoms with Gasteiger partial charge in [-0.1, -0.05) is 79.8 Å². The van der Waals surface area contributed by atoms with Crippen molar-refractivity contribution in [2.75, 3.05) is 0 Å². The Labute approximate surface area is 229 Å². The van der Waals surface area contributed by atoms with Crippen molar-refractivity contribution < 1.29 is 13.9 Å². The molecule has 0 saturated carbocycles. The van der Waals surface area contributed by atoms with Crippen LogP contribution in [0.3, 0.4) is 0 Å². The lowest BCUT2D eigenvalue weighted by Crippen LogP contribution is -2.42. The molecule has 1 aliphatic heterocycles. The standard InChI is InChI=1S/C32H27FN2O3S/c1-32(2)17-25-28(26(36)18-32)29(22-10-12-23(33)13-11-22)35-30(37)27(39-31(35)34-25)16-20-8-14-24(15-9-20)38-19-21-6-4-3-5-7-21/h3-16,29H,17-19H2,1-2H3. The Kier molecular flexibility index (Phi) is 6.39. The minimum Gasteiger partial charge on any atom is -0.489 e. The van der Waals surface area contributed by atoms with E-state index in [2.05, 4.69) is 13.8 Å². The Balaban J connectivity index is 1.38. The van der Waals surface area contributed by atoms with Crippen LogP contribution in [0, 0.1) is 11.2 Å². The third-order valence-corrected chi connectivity index (χ3v) is 8.09. The number of rotatable bonds is 5. The zero-order valence-electron chi connectivity index (χ0n) is 21.7. The number of halogens is 1. The number of carbonyl (C=O) groups excluding carboxylic acids is 1. The van der Waals surface area contributed by atoms with Gasteiger partial charge in [-0.3, -0.25) is 14.2 Å². The molecule has 1 aliphatic carbocycles. The van der Waals surface area contributed by atoms with Crippen LogP contribution in [0.15, 0.2) is 99.9 Å². The number of nitrogens with zero attached hydrogens (tertiary/aromatic N) is 2. The Morgan fingerprint density at radius 2 is 1.72 bits per heavy atom. The highest BCUT2D eigenvalue weighted by atomic mass is 32.1. The molecule has 39 heavy (non-hydrogen) atoms. The summed E-state index contributed by atoms with van der Waals surface area (Å²) in [7, 11) is 0. The van der Waals surface area contributed by atoms with Crippen molar-refractivity contribution in [1.29, 1.82) is 0 Å². The van der Waals surface area contributed by atoms with Gasteiger partial charge in [-0.25, -0.2) is 9.38 Å². The number of carbonyl (C=O) groups is 1. The van der Waals surface area contributed by atoms with Crippen LogP contribution >= 0.6 is 11.3 Å². The van der Waals surface area contributed by atoms with Crippen molar-refractivity contribution in [3.8, 4) is 5.75 Å². The summed E-state index contributed by atoms with van der Waals surface area (Å²) in [5.41, 5.74) is 3.46. The fraction of sp³-hybridized carbons (Fsp3) is 0.219. The number of aromatic nitrogens is 1. The third kappa shape index (κ3) is 5.02. The first kappa shape index (κ1) is 25.2. The smallest absolute Gasteiger partial charge is 0.271 e. The van der Waals surface area contributed by atoms with Gasteiger partial charge in [0.25, 0.3) is 5.56 Å². The highest BCUT2D eigenvalue weighted by molar-refractivity contribution is 7.07. The summed E-state index contributed by atoms with van der Waals surface area (Å²) in [6, 6.07) is 22.9. The predicted octanol–water partition coefficient (Wildman–Crippen LogP) is 5.32. The second-order valence-electron chi connectivity index (χ2n) is 10.8. The van der Waals surface area contributed by atoms with Crippen LogP contribution in [0.4, 0.5) is 4.39 Å². The molecule has 0 spiro atoms. The molecule has 0 bridgehead atoms. The van der Waals surface area contributed by atoms with Gasteiger partial charge in [0.1, 0.15) is 18.2 Å². The topological polar surface area (TPSA) is 60.7 Å². The van der Waals surface area contributed by atoms with Crippen LogP contribution in [0.1, 0.15) is 49.4 Å². The minimum atomic E-state index is -0.628. The van der Waals surface area contributed by atoms with E-state index in [0.29, 0.717) is 39.9 Å². The summed E-state index contributed by atoms with van der Waals surface area (Å²) in [6.07, 6.45) is 2.85. The number of ketones is 1. The zero-order valence-corrected chi connectivity index (χ0v) is 22.5. The van der Waals surface area contributed by atoms with Gasteiger partial charge < -0.3 is 4.74 Å². The van der Waals surface area contributed by atoms with Crippen LogP contribution in [0.25, 0.3) is 6.08 Å². The summed E-state index contributed by atoms with van der Waals surface area (Å²) < 4.78 is 21.8. The van der Waals surface area contributed by atoms with Crippen LogP contribution in [-0.4, -0.2) is 10.4 Å². The number of allylic oxidation sites excluding steroid dienone is 2. The SMILES string of the molecule is CC1(C)CC(=O)C2=C(C1)N=c1sc(=Cc3ccc(OCc4ccccc4)cc3)c(=O)n1C2c1ccc(F)cc1. The van der Waals surface area contributed by atoms with Crippen molar-refractivity contribution in [2.24, 2.45) is 10.4 Å². The normalized spacial score (nSPS) is 18.4. The predicted molar refractivity (Wildman–Crippen MR) is 150 cm³/mol. The van der Waals surface area contributed by atoms with Gasteiger partial charge in [-0.15, -0.1) is 0 Å². The fourth-order valence-corrected chi connectivity index (χ4v) is 6.28. The molecule has 1 unspecified atom stereocenters. The number of Topliss-reactive ketones (excluding diaryl/α,β-unsaturated/α-hetero) is 1. The molecule has 2 aliphatic rings. The molecule has 3 aromatic carbocycles. The molecule has 2 heterocycles. The first-order valence-electron chi connectivity index (χ1n) is 12.9. The molecule has 0 fully saturated rings. The quantitative estimate of drug-likeness (QED) is 0.346. The monoisotopic (exact) mass is 538 g/mol. The number of thiazole rings is 1. The fourth-order valence-electron chi connectivity index (χ4n) is 5.26. The van der Waals surface area contributed by atoms with Crippen LogP contribution in [0.5, 0.6) is 5.75 Å². The molecule has 196 valence electrons. The van der Waals surface area contributed by atoms with Gasteiger partial charge in [0.2, 0.25) is 0 Å². The van der Waals surface area contributed by atoms with Gasteiger partial charge in [0.05, 0.1) is 16.3 Å². The van der Waals surface area contributed by atoms with Gasteiger partial charge in [0, 0.05) is 12.0 Å². The molecule has 1 aromatic heterocycles. The number of ether oxygens (including phenoxy) is 1. The van der Waals surface area contributed by atoms with Crippen molar-refractivity contribution in [2.45, 2.75) is 39.3 Å². The molecule has 0 amide bonds. The van der Waals surface area contributed by atoms with E-state index in [-0.39, 0.29) is 22.6 Å². The second kappa shape index (κ2) is 9.89. The Morgan fingerprint density at radius 3 is 2.44 bits per heavy atom. The van der Waals surface area contributed by atoms with Crippen molar-refractivity contribution in [1.82, 2.24) is 4.57 Å². The van der Waals surface area contributed by atoms with E-state index in [1.807, 2.05) is 60.7 Å². The van der Waals surface area contributed by atoms with E-state index >= 15 is 0 Å². The average molecular weight is 539 g/mol. The summed E-state index contributed by atoms with van der Waals surface area (Å²) in [4.78, 5) is 32.5. The highest BCUT2D eigenvalue weighted by Gasteiger charge is 2.40. The zero-order chi connectivity index (χ0) is 27.1. The maximum atomic E-state index is 13.8. The van der Waals surface area contributed by atoms with Gasteiger partial charge in [0.15, 0.2) is 10.6 Å². The molecule has 5 nitrogen and oxygen atoms in total. The first-order chi connectivity index (χ1) is 18.8. The summed E-state index contributed by atoms with van der Waals surface area (Å²) >= 11 is 1.30. The molecule has 0 saturated heterocycles. The minimum absolute atomic E-state index is 0.0142. The summed E-state index contributed by atoms with van der Waals surface area (Å²) in [5, 5.41) is 0. The largest absolute Gasteiger partial charge is 0.489 e. The Morgan fingerprint density at radius 1 is 1.00 bits per heavy atom. The van der Waals surface area contributed by atoms with Crippen molar-refractivity contribution in [3.05, 3.63) is 132 Å². The molecule has 4 aromatic rings. The van der Waals surface area contributed by atoms with E-state index in [1.54, 1.807) is 16.7 Å². The van der Waals surface area contributed by atoms with Crippen LogP contribution < -0.4 is 19.6 Å². The van der Waals surface area contributed by atoms with Crippen molar-refractivity contribution in [3.63, 3.8) is 0 Å². The maximum absolute atomic E-state index is 13.8. The van der Waals surface area contributed by atoms with E-state index in [4.69, 9.17) is 9.73 Å². The molecule has 1 atom stereocenters. The first-order valence-corrected chi connectivity index (χ1v) is 13.7. The second-order valence-corrected chi connectivity index (χ2v) is 11.8. The third-order valence-electron chi connectivity index (χ3n) is 7.11. The van der Waals surface area contributed by atoms with Gasteiger partial charge in [-0.2, -0.15) is 0 Å². The summed E-state index contributed by atoms with van der Waals surface area (Å²) in [5.74, 6) is 0.356. The molecule has 6 rings (SSSR count). The molecule has 0 radical (unpaired) electrons. The van der Waals surface area contributed by atoms with Gasteiger partial charge in [-0.05, 0) is 58.9 Å². The number of hydrogen-bond acceptors (Lipinski definition) is 5. The lowest BCUT2D eigenvalue weighted by atomic mass is 9.73. The Hall–Kier alpha value is -4.10. The number of hydrogen-bond donors (Lipinski definition) is 0. The molecule has 0 N–H and O–H groups in total. The maximum Gasteiger partial charge on any atom is 0.271 e. The average Bonchev–Trinajstić information content (AvgIpc) is 3.21. The molecular weight excluding hydrogens is 511 g/mol. The van der Waals surface area contributed by atoms with E-state index in [9.17, 15) is 14.0 Å². The lowest BCUT2D eigenvalue weighted by Gasteiger charge is -2.35. The Bertz CT molecular complexity index is 1770. The lowest BCUT2D eigenvalue weighted by molar-refractivity contribution is -0.118. The van der Waals surface area contributed by atoms with E-state index < -0.39 is 6.04 Å². The number of benzene rings is 3.